The van der Waals surface area contributed by atoms with Crippen LogP contribution in [0.4, 0.5) is 26.7 Å². The van der Waals surface area contributed by atoms with E-state index in [1.165, 1.54) is 12.1 Å². The van der Waals surface area contributed by atoms with Gasteiger partial charge in [0.2, 0.25) is 11.8 Å². The fourth-order valence-corrected chi connectivity index (χ4v) is 7.71. The molecule has 0 aliphatic carbocycles. The number of carbonyl (C=O) groups excluding carboxylic acids is 3. The second-order valence-corrected chi connectivity index (χ2v) is 17.7. The summed E-state index contributed by atoms with van der Waals surface area (Å²) in [5.41, 5.74) is 8.66. The van der Waals surface area contributed by atoms with Crippen LogP contribution in [0.25, 0.3) is 0 Å². The van der Waals surface area contributed by atoms with Crippen molar-refractivity contribution in [1.29, 1.82) is 0 Å². The maximum atomic E-state index is 14.3. The number of likely N-dealkylation sites (tertiary alicyclic amines) is 2. The topological polar surface area (TPSA) is 161 Å². The number of halogens is 5. The lowest BCUT2D eigenvalue weighted by atomic mass is 10.0. The predicted octanol–water partition coefficient (Wildman–Crippen LogP) is 8.79. The minimum absolute atomic E-state index is 0.00755. The Hall–Kier alpha value is -5.91. The third-order valence-electron chi connectivity index (χ3n) is 10.9. The van der Waals surface area contributed by atoms with Crippen LogP contribution >= 0.6 is 0 Å². The van der Waals surface area contributed by atoms with Gasteiger partial charge in [0.05, 0.1) is 38.5 Å². The largest absolute Gasteiger partial charge is 0.490 e. The molecule has 17 heteroatoms. The van der Waals surface area contributed by atoms with Gasteiger partial charge in [0.25, 0.3) is 0 Å². The number of carbonyl (C=O) groups is 4. The van der Waals surface area contributed by atoms with Crippen LogP contribution in [0.1, 0.15) is 81.5 Å². The summed E-state index contributed by atoms with van der Waals surface area (Å²) in [5.74, 6) is -3.44. The molecule has 12 nitrogen and oxygen atoms in total. The van der Waals surface area contributed by atoms with Crippen LogP contribution < -0.4 is 11.1 Å². The quantitative estimate of drug-likeness (QED) is 0.0880. The molecule has 68 heavy (non-hydrogen) atoms. The average Bonchev–Trinajstić information content (AvgIpc) is 3.96. The molecule has 0 saturated carbocycles. The van der Waals surface area contributed by atoms with E-state index < -0.39 is 29.9 Å². The number of hydrogen-bond donors (Lipinski definition) is 3. The number of alkyl carbamates (subject to hydrolysis) is 1. The number of nitrogens with zero attached hydrogens (tertiary/aromatic N) is 2. The van der Waals surface area contributed by atoms with E-state index in [9.17, 15) is 36.3 Å². The van der Waals surface area contributed by atoms with Crippen LogP contribution in [0.3, 0.4) is 0 Å². The van der Waals surface area contributed by atoms with Crippen molar-refractivity contribution >= 4 is 23.9 Å². The van der Waals surface area contributed by atoms with Gasteiger partial charge in [-0.15, -0.1) is 0 Å². The Morgan fingerprint density at radius 3 is 1.51 bits per heavy atom. The van der Waals surface area contributed by atoms with Crippen molar-refractivity contribution in [1.82, 2.24) is 15.1 Å². The summed E-state index contributed by atoms with van der Waals surface area (Å²) in [5, 5.41) is 9.90. The fraction of sp³-hybridized carbons (Fsp3) is 0.451. The molecule has 2 aliphatic rings. The Kier molecular flexibility index (Phi) is 21.9. The van der Waals surface area contributed by atoms with Gasteiger partial charge in [0.15, 0.2) is 0 Å². The summed E-state index contributed by atoms with van der Waals surface area (Å²) >= 11 is 0. The molecule has 0 radical (unpaired) electrons. The number of alkyl halides is 3. The third kappa shape index (κ3) is 19.7. The number of aliphatic carboxylic acids is 1. The number of carboxylic acids is 1. The minimum Gasteiger partial charge on any atom is -0.475 e. The molecule has 2 fully saturated rings. The third-order valence-corrected chi connectivity index (χ3v) is 10.9. The van der Waals surface area contributed by atoms with Crippen LogP contribution in [0.15, 0.2) is 109 Å². The fourth-order valence-electron chi connectivity index (χ4n) is 7.71. The second kappa shape index (κ2) is 27.2. The number of ether oxygens (including phenoxy) is 3. The Bertz CT molecular complexity index is 2180. The molecule has 0 aromatic heterocycles. The van der Waals surface area contributed by atoms with Crippen LogP contribution in [-0.2, 0) is 54.6 Å². The van der Waals surface area contributed by atoms with Crippen LogP contribution in [0.5, 0.6) is 0 Å². The molecule has 2 heterocycles. The zero-order valence-corrected chi connectivity index (χ0v) is 38.8. The molecule has 2 aliphatic heterocycles. The molecule has 4 atom stereocenters. The molecule has 2 saturated heterocycles. The van der Waals surface area contributed by atoms with Crippen molar-refractivity contribution in [2.24, 2.45) is 5.73 Å². The lowest BCUT2D eigenvalue weighted by Crippen LogP contribution is -2.45. The minimum atomic E-state index is -5.08. The van der Waals surface area contributed by atoms with E-state index in [0.717, 1.165) is 43.4 Å². The summed E-state index contributed by atoms with van der Waals surface area (Å²) < 4.78 is 76.9. The van der Waals surface area contributed by atoms with Gasteiger partial charge in [-0.05, 0) is 93.7 Å². The highest BCUT2D eigenvalue weighted by atomic mass is 19.4. The monoisotopic (exact) mass is 954 g/mol. The molecule has 0 unspecified atom stereocenters. The first-order chi connectivity index (χ1) is 32.3. The zero-order valence-electron chi connectivity index (χ0n) is 38.8. The smallest absolute Gasteiger partial charge is 0.475 e. The van der Waals surface area contributed by atoms with Gasteiger partial charge in [-0.2, -0.15) is 13.2 Å². The van der Waals surface area contributed by atoms with E-state index in [1.54, 1.807) is 57.2 Å². The second-order valence-electron chi connectivity index (χ2n) is 17.7. The molecule has 4 aromatic rings. The summed E-state index contributed by atoms with van der Waals surface area (Å²) in [6.07, 6.45) is -1.16. The van der Waals surface area contributed by atoms with E-state index in [0.29, 0.717) is 50.5 Å². The van der Waals surface area contributed by atoms with Gasteiger partial charge in [-0.25, -0.2) is 18.4 Å². The molecular formula is C51H63F5N4O8. The summed E-state index contributed by atoms with van der Waals surface area (Å²) in [7, 11) is 0. The van der Waals surface area contributed by atoms with Crippen molar-refractivity contribution in [3.63, 3.8) is 0 Å². The Morgan fingerprint density at radius 1 is 0.676 bits per heavy atom. The van der Waals surface area contributed by atoms with Gasteiger partial charge in [-0.1, -0.05) is 97.1 Å². The lowest BCUT2D eigenvalue weighted by molar-refractivity contribution is -0.192. The number of rotatable bonds is 17. The molecule has 6 rings (SSSR count). The molecule has 3 amide bonds. The van der Waals surface area contributed by atoms with Crippen LogP contribution in [0, 0.1) is 11.6 Å². The van der Waals surface area contributed by atoms with Crippen molar-refractivity contribution in [2.45, 2.75) is 121 Å². The highest BCUT2D eigenvalue weighted by Crippen LogP contribution is 2.23. The van der Waals surface area contributed by atoms with Gasteiger partial charge in [0.1, 0.15) is 17.2 Å². The first-order valence-electron chi connectivity index (χ1n) is 22.6. The van der Waals surface area contributed by atoms with Crippen molar-refractivity contribution in [3.8, 4) is 0 Å². The maximum Gasteiger partial charge on any atom is 0.490 e. The van der Waals surface area contributed by atoms with Crippen molar-refractivity contribution in [3.05, 3.63) is 143 Å². The van der Waals surface area contributed by atoms with Gasteiger partial charge < -0.3 is 40.2 Å². The summed E-state index contributed by atoms with van der Waals surface area (Å²) in [6.45, 7) is 8.74. The van der Waals surface area contributed by atoms with E-state index in [4.69, 9.17) is 29.8 Å². The van der Waals surface area contributed by atoms with E-state index in [-0.39, 0.29) is 60.8 Å². The first kappa shape index (κ1) is 54.7. The molecule has 0 spiro atoms. The number of nitrogens with two attached hydrogens (primary N) is 1. The highest BCUT2D eigenvalue weighted by molar-refractivity contribution is 5.79. The Morgan fingerprint density at radius 2 is 1.09 bits per heavy atom. The molecular weight excluding hydrogens is 892 g/mol. The molecule has 4 aromatic carbocycles. The standard InChI is InChI=1S/C27H35FN2O4.C22H27FN2O2.C2HF3O2/c1-27(2,3)34-26(32)29-22(16-21-12-7-8-14-24(21)28)17-25(31)30-15-9-13-23(30)19-33-18-20-10-5-4-6-11-20;23-21-11-5-4-9-18(21)13-19(24)14-22(26)25-12-6-10-20(25)16-27-15-17-7-2-1-3-8-17;3-2(4,5)1(6)7/h4-8,10-12,14,22-23H,9,13,15-19H2,1-3H3,(H,29,32);1-5,7-9,11,19-20H,6,10,12-16,24H2;(H,6,7)/t22-,23+;19-,20+;/m11./s1. The number of nitrogens with one attached hydrogen (secondary N) is 1. The molecule has 0 bridgehead atoms. The van der Waals surface area contributed by atoms with Gasteiger partial charge in [0, 0.05) is 38.0 Å². The van der Waals surface area contributed by atoms with Crippen molar-refractivity contribution < 1.29 is 60.4 Å². The van der Waals surface area contributed by atoms with Crippen LogP contribution in [-0.4, -0.2) is 101 Å². The Labute approximate surface area is 394 Å². The number of benzene rings is 4. The van der Waals surface area contributed by atoms with Crippen LogP contribution in [0.2, 0.25) is 0 Å². The van der Waals surface area contributed by atoms with Crippen molar-refractivity contribution in [2.75, 3.05) is 26.3 Å². The molecule has 370 valence electrons. The number of hydrogen-bond acceptors (Lipinski definition) is 8. The first-order valence-corrected chi connectivity index (χ1v) is 22.6. The van der Waals surface area contributed by atoms with Gasteiger partial charge >= 0.3 is 18.2 Å². The van der Waals surface area contributed by atoms with Gasteiger partial charge in [-0.3, -0.25) is 9.59 Å². The maximum absolute atomic E-state index is 14.3. The van der Waals surface area contributed by atoms with E-state index >= 15 is 0 Å². The number of amides is 3. The summed E-state index contributed by atoms with van der Waals surface area (Å²) in [4.78, 5) is 50.9. The SMILES string of the molecule is CC(C)(C)OC(=O)N[C@@H](CC(=O)N1CCC[C@H]1COCc1ccccc1)Cc1ccccc1F.N[C@@H](CC(=O)N1CCC[C@H]1COCc1ccccc1)Cc1ccccc1F.O=C(O)C(F)(F)F. The molecule has 4 N–H and O–H groups in total. The number of carboxylic acid groups (broad SMARTS) is 1. The van der Waals surface area contributed by atoms with E-state index in [1.807, 2.05) is 70.5 Å². The highest BCUT2D eigenvalue weighted by Gasteiger charge is 2.38. The van der Waals surface area contributed by atoms with E-state index in [2.05, 4.69) is 5.32 Å². The lowest BCUT2D eigenvalue weighted by Gasteiger charge is -2.28. The normalized spacial score (nSPS) is 16.7. The average molecular weight is 955 g/mol. The predicted molar refractivity (Wildman–Crippen MR) is 246 cm³/mol. The Balaban J connectivity index is 0.000000265. The zero-order chi connectivity index (χ0) is 49.7. The summed E-state index contributed by atoms with van der Waals surface area (Å²) in [6, 6.07) is 32.0.